The number of halogens is 2. The lowest BCUT2D eigenvalue weighted by Gasteiger charge is -2.23. The van der Waals surface area contributed by atoms with E-state index in [0.717, 1.165) is 31.1 Å². The minimum Gasteiger partial charge on any atom is -0.350 e. The highest BCUT2D eigenvalue weighted by atomic mass is 35.5. The number of nitrogens with zero attached hydrogens (tertiary/aromatic N) is 5. The Labute approximate surface area is 154 Å². The van der Waals surface area contributed by atoms with Crippen molar-refractivity contribution in [2.24, 2.45) is 21.3 Å². The van der Waals surface area contributed by atoms with E-state index in [1.807, 2.05) is 0 Å². The van der Waals surface area contributed by atoms with Crippen molar-refractivity contribution in [1.29, 1.82) is 0 Å². The van der Waals surface area contributed by atoms with Gasteiger partial charge in [-0.1, -0.05) is 28.3 Å². The topological polar surface area (TPSA) is 106 Å². The summed E-state index contributed by atoms with van der Waals surface area (Å²) in [5, 5.41) is 13.3. The highest BCUT2D eigenvalue weighted by Crippen LogP contribution is 2.29. The quantitative estimate of drug-likeness (QED) is 0.396. The third kappa shape index (κ3) is 4.31. The van der Waals surface area contributed by atoms with Crippen LogP contribution in [0.2, 0.25) is 10.0 Å². The lowest BCUT2D eigenvalue weighted by molar-refractivity contribution is 0.0987. The summed E-state index contributed by atoms with van der Waals surface area (Å²) in [5.41, 5.74) is 9.38. The van der Waals surface area contributed by atoms with Gasteiger partial charge in [0.15, 0.2) is 0 Å². The molecule has 0 aliphatic heterocycles. The monoisotopic (exact) mass is 378 g/mol. The molecule has 1 fully saturated rings. The molecule has 1 aromatic carbocycles. The molecule has 1 aliphatic rings. The number of carbonyl (C=O) groups is 1. The molecular formula is C16H16Cl2N6O. The van der Waals surface area contributed by atoms with Gasteiger partial charge in [-0.3, -0.25) is 4.79 Å². The third-order valence-corrected chi connectivity index (χ3v) is 4.94. The molecule has 0 atom stereocenters. The largest absolute Gasteiger partial charge is 0.350 e. The van der Waals surface area contributed by atoms with E-state index in [4.69, 9.17) is 28.7 Å². The second-order valence-electron chi connectivity index (χ2n) is 6.14. The first kappa shape index (κ1) is 17.7. The smallest absolute Gasteiger partial charge is 0.311 e. The van der Waals surface area contributed by atoms with Crippen LogP contribution in [0.1, 0.15) is 36.2 Å². The van der Waals surface area contributed by atoms with Gasteiger partial charge < -0.3 is 4.98 Å². The molecule has 1 aromatic heterocycles. The second kappa shape index (κ2) is 7.87. The highest BCUT2D eigenvalue weighted by molar-refractivity contribution is 6.38. The summed E-state index contributed by atoms with van der Waals surface area (Å²) < 4.78 is 0. The molecule has 0 saturated heterocycles. The molecule has 1 amide bonds. The molecule has 0 radical (unpaired) electrons. The number of azo groups is 1. The summed E-state index contributed by atoms with van der Waals surface area (Å²) in [5.74, 6) is -0.0294. The molecule has 1 N–H and O–H groups in total. The Morgan fingerprint density at radius 1 is 1.24 bits per heavy atom. The van der Waals surface area contributed by atoms with Gasteiger partial charge in [0.25, 0.3) is 0 Å². The maximum atomic E-state index is 12.2. The maximum Gasteiger partial charge on any atom is 0.311 e. The van der Waals surface area contributed by atoms with E-state index >= 15 is 0 Å². The number of hydrogen-bond donors (Lipinski definition) is 1. The molecule has 130 valence electrons. The fraction of sp³-hybridized carbons (Fsp3) is 0.438. The predicted molar refractivity (Wildman–Crippen MR) is 97.3 cm³/mol. The van der Waals surface area contributed by atoms with E-state index < -0.39 is 5.91 Å². The Hall–Kier alpha value is -2.08. The lowest BCUT2D eigenvalue weighted by atomic mass is 9.86. The summed E-state index contributed by atoms with van der Waals surface area (Å²) in [6.45, 7) is 0.525. The Morgan fingerprint density at radius 3 is 2.72 bits per heavy atom. The Kier molecular flexibility index (Phi) is 5.58. The van der Waals surface area contributed by atoms with Gasteiger partial charge in [0, 0.05) is 27.4 Å². The van der Waals surface area contributed by atoms with E-state index in [0.29, 0.717) is 33.7 Å². The normalized spacial score (nSPS) is 20.7. The SMILES string of the molecule is [N-]=[N+]=NCC1CCC(N=NC(=O)c2cc3c(Cl)cc(Cl)cc3[nH]2)CC1. The van der Waals surface area contributed by atoms with Crippen molar-refractivity contribution in [3.05, 3.63) is 44.4 Å². The Balaban J connectivity index is 1.63. The number of benzene rings is 1. The number of fused-ring (bicyclic) bond motifs is 1. The summed E-state index contributed by atoms with van der Waals surface area (Å²) in [6.07, 6.45) is 3.54. The van der Waals surface area contributed by atoms with Crippen molar-refractivity contribution < 1.29 is 4.79 Å². The molecule has 7 nitrogen and oxygen atoms in total. The number of aromatic nitrogens is 1. The average molecular weight is 379 g/mol. The molecule has 0 unspecified atom stereocenters. The fourth-order valence-electron chi connectivity index (χ4n) is 3.06. The van der Waals surface area contributed by atoms with E-state index in [9.17, 15) is 4.79 Å². The van der Waals surface area contributed by atoms with Gasteiger partial charge in [-0.05, 0) is 55.3 Å². The van der Waals surface area contributed by atoms with Crippen LogP contribution in [0.25, 0.3) is 21.3 Å². The average Bonchev–Trinajstić information content (AvgIpc) is 3.03. The first-order chi connectivity index (χ1) is 12.1. The molecule has 0 spiro atoms. The van der Waals surface area contributed by atoms with E-state index in [2.05, 4.69) is 25.2 Å². The van der Waals surface area contributed by atoms with Crippen molar-refractivity contribution >= 4 is 40.0 Å². The molecule has 0 bridgehead atoms. The first-order valence-corrected chi connectivity index (χ1v) is 8.76. The van der Waals surface area contributed by atoms with Crippen LogP contribution >= 0.6 is 23.2 Å². The van der Waals surface area contributed by atoms with Gasteiger partial charge in [0.1, 0.15) is 5.69 Å². The van der Waals surface area contributed by atoms with E-state index in [1.54, 1.807) is 18.2 Å². The van der Waals surface area contributed by atoms with Crippen molar-refractivity contribution in [3.8, 4) is 0 Å². The molecule has 2 aromatic rings. The van der Waals surface area contributed by atoms with Crippen molar-refractivity contribution in [3.63, 3.8) is 0 Å². The fourth-order valence-corrected chi connectivity index (χ4v) is 3.61. The number of rotatable bonds is 4. The van der Waals surface area contributed by atoms with Crippen LogP contribution in [0.5, 0.6) is 0 Å². The zero-order valence-corrected chi connectivity index (χ0v) is 14.8. The summed E-state index contributed by atoms with van der Waals surface area (Å²) in [4.78, 5) is 18.0. The summed E-state index contributed by atoms with van der Waals surface area (Å²) in [6, 6.07) is 5.03. The molecule has 25 heavy (non-hydrogen) atoms. The van der Waals surface area contributed by atoms with E-state index in [1.165, 1.54) is 0 Å². The number of azide groups is 1. The van der Waals surface area contributed by atoms with Gasteiger partial charge in [0.2, 0.25) is 0 Å². The molecule has 3 rings (SSSR count). The third-order valence-electron chi connectivity index (χ3n) is 4.41. The molecule has 9 heteroatoms. The zero-order chi connectivity index (χ0) is 17.8. The Bertz CT molecular complexity index is 863. The standard InChI is InChI=1S/C16H16Cl2N6O/c17-10-5-13(18)12-7-15(21-14(12)6-10)16(25)23-22-11-3-1-9(2-4-11)8-20-24-19/h5-7,9,11,21H,1-4,8H2. The van der Waals surface area contributed by atoms with Crippen LogP contribution in [0.15, 0.2) is 33.5 Å². The maximum absolute atomic E-state index is 12.2. The van der Waals surface area contributed by atoms with Crippen molar-refractivity contribution in [1.82, 2.24) is 4.98 Å². The minimum absolute atomic E-state index is 0.0358. The summed E-state index contributed by atoms with van der Waals surface area (Å²) in [7, 11) is 0. The van der Waals surface area contributed by atoms with Gasteiger partial charge in [-0.15, -0.1) is 5.11 Å². The molecule has 1 saturated carbocycles. The number of hydrogen-bond acceptors (Lipinski definition) is 3. The number of aromatic amines is 1. The van der Waals surface area contributed by atoms with Crippen LogP contribution < -0.4 is 0 Å². The van der Waals surface area contributed by atoms with E-state index in [-0.39, 0.29) is 6.04 Å². The first-order valence-electron chi connectivity index (χ1n) is 8.00. The van der Waals surface area contributed by atoms with Crippen molar-refractivity contribution in [2.45, 2.75) is 31.7 Å². The predicted octanol–water partition coefficient (Wildman–Crippen LogP) is 5.94. The number of H-pyrrole nitrogens is 1. The van der Waals surface area contributed by atoms with Crippen LogP contribution in [-0.2, 0) is 0 Å². The number of amides is 1. The molecule has 1 heterocycles. The molecule has 1 aliphatic carbocycles. The van der Waals surface area contributed by atoms with Gasteiger partial charge >= 0.3 is 5.91 Å². The van der Waals surface area contributed by atoms with Crippen LogP contribution in [0.4, 0.5) is 0 Å². The van der Waals surface area contributed by atoms with Gasteiger partial charge in [0.05, 0.1) is 11.1 Å². The zero-order valence-electron chi connectivity index (χ0n) is 13.3. The Morgan fingerprint density at radius 2 is 2.00 bits per heavy atom. The van der Waals surface area contributed by atoms with Gasteiger partial charge in [-0.2, -0.15) is 5.11 Å². The van der Waals surface area contributed by atoms with Crippen molar-refractivity contribution in [2.75, 3.05) is 6.54 Å². The van der Waals surface area contributed by atoms with Crippen LogP contribution in [0, 0.1) is 5.92 Å². The van der Waals surface area contributed by atoms with Crippen LogP contribution in [-0.4, -0.2) is 23.5 Å². The minimum atomic E-state index is -0.431. The van der Waals surface area contributed by atoms with Gasteiger partial charge in [-0.25, -0.2) is 0 Å². The molecular weight excluding hydrogens is 363 g/mol. The number of carbonyl (C=O) groups excluding carboxylic acids is 1. The second-order valence-corrected chi connectivity index (χ2v) is 6.98. The highest BCUT2D eigenvalue weighted by Gasteiger charge is 2.21. The lowest BCUT2D eigenvalue weighted by Crippen LogP contribution is -2.18. The number of nitrogens with one attached hydrogen (secondary N) is 1. The summed E-state index contributed by atoms with van der Waals surface area (Å²) >= 11 is 12.1. The van der Waals surface area contributed by atoms with Crippen LogP contribution in [0.3, 0.4) is 0 Å².